The SMILES string of the molecule is CC(Cc1cccs1)n1c(=O)n(C(C)Cc2cccs2)c(=O)n(C(C)Cc2cccs2)c1=O. The highest BCUT2D eigenvalue weighted by molar-refractivity contribution is 7.10. The van der Waals surface area contributed by atoms with Gasteiger partial charge in [0.05, 0.1) is 0 Å². The highest BCUT2D eigenvalue weighted by Crippen LogP contribution is 2.19. The largest absolute Gasteiger partial charge is 0.336 e. The molecule has 0 aliphatic rings. The van der Waals surface area contributed by atoms with Gasteiger partial charge >= 0.3 is 17.1 Å². The Kier molecular flexibility index (Phi) is 7.31. The summed E-state index contributed by atoms with van der Waals surface area (Å²) in [5.41, 5.74) is -1.59. The van der Waals surface area contributed by atoms with Crippen LogP contribution in [0, 0.1) is 0 Å². The van der Waals surface area contributed by atoms with Crippen LogP contribution >= 0.6 is 34.0 Å². The van der Waals surface area contributed by atoms with Crippen LogP contribution in [0.1, 0.15) is 53.5 Å². The zero-order valence-electron chi connectivity index (χ0n) is 18.8. The summed E-state index contributed by atoms with van der Waals surface area (Å²) in [7, 11) is 0. The molecule has 3 unspecified atom stereocenters. The van der Waals surface area contributed by atoms with Gasteiger partial charge in [0.1, 0.15) is 0 Å². The summed E-state index contributed by atoms with van der Waals surface area (Å²) in [6.45, 7) is 5.61. The summed E-state index contributed by atoms with van der Waals surface area (Å²) in [6.07, 6.45) is 1.68. The van der Waals surface area contributed by atoms with Crippen LogP contribution in [0.3, 0.4) is 0 Å². The molecule has 0 spiro atoms. The topological polar surface area (TPSA) is 66.0 Å². The number of hydrogen-bond donors (Lipinski definition) is 0. The van der Waals surface area contributed by atoms with Gasteiger partial charge in [-0.1, -0.05) is 18.2 Å². The van der Waals surface area contributed by atoms with Crippen molar-refractivity contribution in [2.24, 2.45) is 0 Å². The third-order valence-electron chi connectivity index (χ3n) is 5.79. The first-order chi connectivity index (χ1) is 15.9. The van der Waals surface area contributed by atoms with E-state index in [0.717, 1.165) is 14.6 Å². The molecule has 0 saturated heterocycles. The van der Waals surface area contributed by atoms with Crippen molar-refractivity contribution < 1.29 is 0 Å². The minimum Gasteiger partial charge on any atom is -0.247 e. The molecule has 33 heavy (non-hydrogen) atoms. The second-order valence-electron chi connectivity index (χ2n) is 8.36. The first-order valence-electron chi connectivity index (χ1n) is 10.9. The average Bonchev–Trinajstić information content (AvgIpc) is 3.52. The predicted octanol–water partition coefficient (Wildman–Crippen LogP) is 4.77. The molecule has 3 atom stereocenters. The number of aromatic nitrogens is 3. The van der Waals surface area contributed by atoms with E-state index in [9.17, 15) is 14.4 Å². The number of rotatable bonds is 9. The van der Waals surface area contributed by atoms with E-state index in [-0.39, 0.29) is 18.1 Å². The van der Waals surface area contributed by atoms with E-state index in [0.29, 0.717) is 19.3 Å². The molecule has 0 aliphatic heterocycles. The van der Waals surface area contributed by atoms with E-state index in [1.165, 1.54) is 13.7 Å². The Bertz CT molecular complexity index is 1150. The molecule has 174 valence electrons. The van der Waals surface area contributed by atoms with Crippen molar-refractivity contribution >= 4 is 34.0 Å². The summed E-state index contributed by atoms with van der Waals surface area (Å²) in [5, 5.41) is 5.95. The monoisotopic (exact) mass is 501 g/mol. The van der Waals surface area contributed by atoms with Crippen LogP contribution < -0.4 is 17.1 Å². The van der Waals surface area contributed by atoms with Crippen molar-refractivity contribution in [3.8, 4) is 0 Å². The first kappa shape index (κ1) is 23.7. The summed E-state index contributed by atoms with van der Waals surface area (Å²) in [5.74, 6) is 0. The van der Waals surface area contributed by atoms with Crippen molar-refractivity contribution in [2.75, 3.05) is 0 Å². The van der Waals surface area contributed by atoms with E-state index in [1.54, 1.807) is 34.0 Å². The van der Waals surface area contributed by atoms with Gasteiger partial charge in [0, 0.05) is 52.0 Å². The molecule has 4 aromatic heterocycles. The van der Waals surface area contributed by atoms with Gasteiger partial charge in [-0.25, -0.2) is 28.1 Å². The van der Waals surface area contributed by atoms with Crippen LogP contribution in [0.4, 0.5) is 0 Å². The maximum Gasteiger partial charge on any atom is 0.336 e. The van der Waals surface area contributed by atoms with E-state index >= 15 is 0 Å². The lowest BCUT2D eigenvalue weighted by atomic mass is 10.2. The van der Waals surface area contributed by atoms with Gasteiger partial charge in [0.2, 0.25) is 0 Å². The molecule has 4 heterocycles. The van der Waals surface area contributed by atoms with Gasteiger partial charge in [0.15, 0.2) is 0 Å². The molecule has 0 N–H and O–H groups in total. The lowest BCUT2D eigenvalue weighted by Crippen LogP contribution is -2.57. The van der Waals surface area contributed by atoms with Crippen LogP contribution in [-0.2, 0) is 19.3 Å². The minimum absolute atomic E-state index is 0.371. The molecule has 0 saturated carbocycles. The molecule has 0 amide bonds. The fourth-order valence-electron chi connectivity index (χ4n) is 4.16. The van der Waals surface area contributed by atoms with Crippen LogP contribution in [0.15, 0.2) is 66.9 Å². The van der Waals surface area contributed by atoms with E-state index in [4.69, 9.17) is 0 Å². The predicted molar refractivity (Wildman–Crippen MR) is 137 cm³/mol. The van der Waals surface area contributed by atoms with Crippen LogP contribution in [-0.4, -0.2) is 13.7 Å². The van der Waals surface area contributed by atoms with Crippen LogP contribution in [0.25, 0.3) is 0 Å². The molecule has 9 heteroatoms. The molecule has 0 aromatic carbocycles. The minimum atomic E-state index is -0.530. The summed E-state index contributed by atoms with van der Waals surface area (Å²) < 4.78 is 3.82. The summed E-state index contributed by atoms with van der Waals surface area (Å²) in [6, 6.07) is 10.8. The fraction of sp³-hybridized carbons (Fsp3) is 0.375. The third-order valence-corrected chi connectivity index (χ3v) is 8.49. The molecule has 0 fully saturated rings. The van der Waals surface area contributed by atoms with Gasteiger partial charge < -0.3 is 0 Å². The Balaban J connectivity index is 1.83. The van der Waals surface area contributed by atoms with Gasteiger partial charge in [-0.3, -0.25) is 0 Å². The summed E-state index contributed by atoms with van der Waals surface area (Å²) in [4.78, 5) is 44.0. The van der Waals surface area contributed by atoms with E-state index in [1.807, 2.05) is 73.3 Å². The lowest BCUT2D eigenvalue weighted by Gasteiger charge is -2.23. The van der Waals surface area contributed by atoms with Gasteiger partial charge in [-0.15, -0.1) is 34.0 Å². The van der Waals surface area contributed by atoms with Gasteiger partial charge in [-0.05, 0) is 55.1 Å². The Morgan fingerprint density at radius 1 is 0.576 bits per heavy atom. The van der Waals surface area contributed by atoms with Crippen molar-refractivity contribution in [2.45, 2.75) is 58.2 Å². The second kappa shape index (κ2) is 10.2. The van der Waals surface area contributed by atoms with E-state index < -0.39 is 17.1 Å². The molecule has 4 rings (SSSR count). The maximum absolute atomic E-state index is 13.6. The quantitative estimate of drug-likeness (QED) is 0.332. The van der Waals surface area contributed by atoms with Crippen molar-refractivity contribution in [1.82, 2.24) is 13.7 Å². The standard InChI is InChI=1S/C24H27N3O3S3/c1-16(13-19-7-4-10-31-19)25-22(28)26(17(2)14-20-8-5-11-32-20)24(30)27(23(25)29)18(3)15-21-9-6-12-33-21/h4-12,16-18H,13-15H2,1-3H3. The zero-order chi connectivity index (χ0) is 23.5. The normalized spacial score (nSPS) is 14.3. The molecule has 0 aliphatic carbocycles. The Labute approximate surface area is 204 Å². The zero-order valence-corrected chi connectivity index (χ0v) is 21.3. The maximum atomic E-state index is 13.6. The lowest BCUT2D eigenvalue weighted by molar-refractivity contribution is 0.351. The smallest absolute Gasteiger partial charge is 0.247 e. The van der Waals surface area contributed by atoms with Crippen molar-refractivity contribution in [1.29, 1.82) is 0 Å². The molecular weight excluding hydrogens is 474 g/mol. The van der Waals surface area contributed by atoms with E-state index in [2.05, 4.69) is 0 Å². The second-order valence-corrected chi connectivity index (χ2v) is 11.5. The van der Waals surface area contributed by atoms with Gasteiger partial charge in [0.25, 0.3) is 0 Å². The number of thiophene rings is 3. The van der Waals surface area contributed by atoms with Crippen molar-refractivity contribution in [3.63, 3.8) is 0 Å². The highest BCUT2D eigenvalue weighted by atomic mass is 32.1. The van der Waals surface area contributed by atoms with Crippen LogP contribution in [0.2, 0.25) is 0 Å². The Hall–Kier alpha value is -2.49. The van der Waals surface area contributed by atoms with Crippen molar-refractivity contribution in [3.05, 3.63) is 98.6 Å². The Morgan fingerprint density at radius 2 is 0.848 bits per heavy atom. The van der Waals surface area contributed by atoms with Gasteiger partial charge in [-0.2, -0.15) is 0 Å². The first-order valence-corrected chi connectivity index (χ1v) is 13.6. The van der Waals surface area contributed by atoms with Crippen LogP contribution in [0.5, 0.6) is 0 Å². The molecule has 4 aromatic rings. The summed E-state index contributed by atoms with van der Waals surface area (Å²) >= 11 is 4.79. The Morgan fingerprint density at radius 3 is 1.06 bits per heavy atom. The molecular formula is C24H27N3O3S3. The molecule has 0 radical (unpaired) electrons. The highest BCUT2D eigenvalue weighted by Gasteiger charge is 2.25. The third kappa shape index (κ3) is 5.05. The molecule has 6 nitrogen and oxygen atoms in total. The fourth-order valence-corrected chi connectivity index (χ4v) is 6.64. The average molecular weight is 502 g/mol. The number of hydrogen-bond acceptors (Lipinski definition) is 6. The number of nitrogens with zero attached hydrogens (tertiary/aromatic N) is 3. The molecule has 0 bridgehead atoms.